The zero-order chi connectivity index (χ0) is 29.9. The van der Waals surface area contributed by atoms with Crippen molar-refractivity contribution >= 4 is 103 Å². The predicted molar refractivity (Wildman–Crippen MR) is 202 cm³/mol. The molecule has 1 nitrogen and oxygen atoms in total. The molecule has 0 aliphatic carbocycles. The molecule has 4 heterocycles. The Kier molecular flexibility index (Phi) is 5.02. The molecule has 11 rings (SSSR count). The van der Waals surface area contributed by atoms with Crippen LogP contribution in [0.3, 0.4) is 0 Å². The third-order valence-corrected chi connectivity index (χ3v) is 12.3. The van der Waals surface area contributed by atoms with E-state index in [4.69, 9.17) is 0 Å². The van der Waals surface area contributed by atoms with Gasteiger partial charge in [-0.05, 0) is 75.6 Å². The zero-order valence-corrected chi connectivity index (χ0v) is 26.3. The number of hydrogen-bond donors (Lipinski definition) is 0. The minimum atomic E-state index is 0.179. The molecule has 0 unspecified atom stereocenters. The maximum Gasteiger partial charge on any atom is 0.248 e. The van der Waals surface area contributed by atoms with Crippen molar-refractivity contribution < 1.29 is 0 Å². The lowest BCUT2D eigenvalue weighted by Crippen LogP contribution is -2.54. The normalized spacial score (nSPS) is 13.1. The standard InChI is InChI=1S/C42H24BNS2/c1-2-11-25(12-3-1)26-23-30-27-13-4-7-16-31(27)43-32-21-22-38-40(29-15-6-9-19-36(29)46-38)42(32)44(34(24-26)41(30)43)33-17-10-20-37-39(33)28-14-5-8-18-35(28)45-37/h1-24H. The lowest BCUT2D eigenvalue weighted by atomic mass is 9.37. The molecule has 0 atom stereocenters. The molecule has 9 aromatic rings. The first-order chi connectivity index (χ1) is 22.8. The smallest absolute Gasteiger partial charge is 0.248 e. The van der Waals surface area contributed by atoms with Gasteiger partial charge in [-0.15, -0.1) is 22.7 Å². The molecule has 2 aliphatic rings. The summed E-state index contributed by atoms with van der Waals surface area (Å²) in [5, 5.41) is 5.35. The Hall–Kier alpha value is -5.16. The fourth-order valence-electron chi connectivity index (χ4n) is 8.22. The Balaban J connectivity index is 1.35. The highest BCUT2D eigenvalue weighted by atomic mass is 32.1. The monoisotopic (exact) mass is 617 g/mol. The lowest BCUT2D eigenvalue weighted by Gasteiger charge is -2.37. The van der Waals surface area contributed by atoms with Crippen LogP contribution in [0.1, 0.15) is 0 Å². The van der Waals surface area contributed by atoms with E-state index in [1.807, 2.05) is 22.7 Å². The van der Waals surface area contributed by atoms with Crippen LogP contribution in [0.4, 0.5) is 17.1 Å². The zero-order valence-electron chi connectivity index (χ0n) is 24.7. The maximum atomic E-state index is 2.64. The summed E-state index contributed by atoms with van der Waals surface area (Å²) in [5.74, 6) is 0. The number of benzene rings is 7. The van der Waals surface area contributed by atoms with Crippen LogP contribution >= 0.6 is 22.7 Å². The van der Waals surface area contributed by atoms with E-state index in [1.54, 1.807) is 0 Å². The molecule has 0 spiro atoms. The third-order valence-electron chi connectivity index (χ3n) is 10.1. The van der Waals surface area contributed by atoms with Crippen molar-refractivity contribution in [2.24, 2.45) is 0 Å². The molecular weight excluding hydrogens is 593 g/mol. The molecule has 0 saturated heterocycles. The summed E-state index contributed by atoms with van der Waals surface area (Å²) in [4.78, 5) is 2.64. The lowest BCUT2D eigenvalue weighted by molar-refractivity contribution is 1.33. The number of fused-ring (bicyclic) bond motifs is 12. The van der Waals surface area contributed by atoms with Crippen LogP contribution in [0.25, 0.3) is 62.6 Å². The summed E-state index contributed by atoms with van der Waals surface area (Å²) in [5.41, 5.74) is 13.3. The summed E-state index contributed by atoms with van der Waals surface area (Å²) in [6.45, 7) is 0.179. The minimum absolute atomic E-state index is 0.179. The van der Waals surface area contributed by atoms with Crippen LogP contribution in [-0.2, 0) is 0 Å². The summed E-state index contributed by atoms with van der Waals surface area (Å²) >= 11 is 3.80. The van der Waals surface area contributed by atoms with E-state index in [9.17, 15) is 0 Å². The summed E-state index contributed by atoms with van der Waals surface area (Å²) in [6, 6.07) is 54.4. The van der Waals surface area contributed by atoms with Crippen molar-refractivity contribution in [3.8, 4) is 22.3 Å². The molecule has 0 saturated carbocycles. The quantitative estimate of drug-likeness (QED) is 0.175. The highest BCUT2D eigenvalue weighted by molar-refractivity contribution is 7.26. The van der Waals surface area contributed by atoms with Gasteiger partial charge in [-0.25, -0.2) is 0 Å². The number of thiophene rings is 2. The molecule has 0 bridgehead atoms. The number of anilines is 3. The van der Waals surface area contributed by atoms with Crippen LogP contribution in [0.5, 0.6) is 0 Å². The molecule has 0 radical (unpaired) electrons. The summed E-state index contributed by atoms with van der Waals surface area (Å²) in [7, 11) is 0. The number of nitrogens with zero attached hydrogens (tertiary/aromatic N) is 1. The maximum absolute atomic E-state index is 2.64. The average Bonchev–Trinajstić information content (AvgIpc) is 3.79. The van der Waals surface area contributed by atoms with Crippen LogP contribution in [0, 0.1) is 0 Å². The third kappa shape index (κ3) is 3.25. The van der Waals surface area contributed by atoms with Gasteiger partial charge >= 0.3 is 0 Å². The first-order valence-electron chi connectivity index (χ1n) is 15.8. The van der Waals surface area contributed by atoms with Gasteiger partial charge in [-0.3, -0.25) is 0 Å². The highest BCUT2D eigenvalue weighted by Gasteiger charge is 2.44. The van der Waals surface area contributed by atoms with Gasteiger partial charge in [0.2, 0.25) is 6.71 Å². The van der Waals surface area contributed by atoms with Gasteiger partial charge < -0.3 is 4.90 Å². The molecule has 2 aliphatic heterocycles. The molecule has 46 heavy (non-hydrogen) atoms. The Morgan fingerprint density at radius 2 is 1.11 bits per heavy atom. The molecule has 2 aromatic heterocycles. The first-order valence-corrected chi connectivity index (χ1v) is 17.4. The Morgan fingerprint density at radius 1 is 0.435 bits per heavy atom. The average molecular weight is 618 g/mol. The molecule has 0 N–H and O–H groups in total. The van der Waals surface area contributed by atoms with E-state index in [-0.39, 0.29) is 6.71 Å². The van der Waals surface area contributed by atoms with E-state index in [1.165, 1.54) is 96.0 Å². The van der Waals surface area contributed by atoms with Crippen molar-refractivity contribution in [1.82, 2.24) is 0 Å². The molecule has 7 aromatic carbocycles. The Bertz CT molecular complexity index is 2720. The Morgan fingerprint density at radius 3 is 1.93 bits per heavy atom. The molecule has 0 fully saturated rings. The van der Waals surface area contributed by atoms with Gasteiger partial charge in [0, 0.05) is 46.0 Å². The summed E-state index contributed by atoms with van der Waals surface area (Å²) < 4.78 is 5.32. The minimum Gasteiger partial charge on any atom is -0.310 e. The van der Waals surface area contributed by atoms with Crippen LogP contribution < -0.4 is 21.3 Å². The van der Waals surface area contributed by atoms with Crippen LogP contribution in [0.2, 0.25) is 0 Å². The second-order valence-electron chi connectivity index (χ2n) is 12.4. The predicted octanol–water partition coefficient (Wildman–Crippen LogP) is 10.4. The molecular formula is C42H24BNS2. The van der Waals surface area contributed by atoms with Gasteiger partial charge in [0.05, 0.1) is 11.4 Å². The topological polar surface area (TPSA) is 3.24 Å². The second kappa shape index (κ2) is 9.20. The fourth-order valence-corrected chi connectivity index (χ4v) is 10.5. The van der Waals surface area contributed by atoms with Crippen LogP contribution in [-0.4, -0.2) is 6.71 Å². The number of rotatable bonds is 2. The molecule has 0 amide bonds. The van der Waals surface area contributed by atoms with Crippen molar-refractivity contribution in [3.63, 3.8) is 0 Å². The van der Waals surface area contributed by atoms with Crippen molar-refractivity contribution in [2.45, 2.75) is 0 Å². The van der Waals surface area contributed by atoms with E-state index < -0.39 is 0 Å². The largest absolute Gasteiger partial charge is 0.310 e. The molecule has 4 heteroatoms. The molecule has 212 valence electrons. The van der Waals surface area contributed by atoms with Gasteiger partial charge in [0.15, 0.2) is 0 Å². The van der Waals surface area contributed by atoms with E-state index >= 15 is 0 Å². The highest BCUT2D eigenvalue weighted by Crippen LogP contribution is 2.51. The second-order valence-corrected chi connectivity index (χ2v) is 14.6. The van der Waals surface area contributed by atoms with Gasteiger partial charge in [-0.2, -0.15) is 0 Å². The summed E-state index contributed by atoms with van der Waals surface area (Å²) in [6.07, 6.45) is 0. The first kappa shape index (κ1) is 25.1. The van der Waals surface area contributed by atoms with Gasteiger partial charge in [0.1, 0.15) is 0 Å². The van der Waals surface area contributed by atoms with E-state index in [0.29, 0.717) is 0 Å². The van der Waals surface area contributed by atoms with Crippen molar-refractivity contribution in [1.29, 1.82) is 0 Å². The van der Waals surface area contributed by atoms with Crippen LogP contribution in [0.15, 0.2) is 146 Å². The van der Waals surface area contributed by atoms with E-state index in [2.05, 4.69) is 150 Å². The van der Waals surface area contributed by atoms with Crippen molar-refractivity contribution in [2.75, 3.05) is 4.90 Å². The van der Waals surface area contributed by atoms with Gasteiger partial charge in [-0.1, -0.05) is 109 Å². The fraction of sp³-hybridized carbons (Fsp3) is 0. The van der Waals surface area contributed by atoms with Gasteiger partial charge in [0.25, 0.3) is 0 Å². The van der Waals surface area contributed by atoms with E-state index in [0.717, 1.165) is 0 Å². The number of hydrogen-bond acceptors (Lipinski definition) is 3. The SMILES string of the molecule is c1ccc(-c2cc3c4c(c2)N(c2cccc5sc6ccccc6c25)c2c(ccc5sc6ccccc6c25)B4c2ccccc2-3)cc1. The Labute approximate surface area is 274 Å². The van der Waals surface area contributed by atoms with Crippen molar-refractivity contribution in [3.05, 3.63) is 146 Å².